The largest absolute Gasteiger partial charge is 0.492 e. The van der Waals surface area contributed by atoms with E-state index in [1.165, 1.54) is 11.1 Å². The molecule has 112 valence electrons. The van der Waals surface area contributed by atoms with Crippen LogP contribution in [0.1, 0.15) is 5.56 Å². The van der Waals surface area contributed by atoms with Crippen molar-refractivity contribution in [3.8, 4) is 11.6 Å². The molecular weight excluding hydrogens is 364 g/mol. The predicted octanol–water partition coefficient (Wildman–Crippen LogP) is 2.15. The summed E-state index contributed by atoms with van der Waals surface area (Å²) in [6, 6.07) is 2.68. The molecular formula is C11H5BrF4N2O3. The van der Waals surface area contributed by atoms with Crippen LogP contribution in [0.15, 0.2) is 32.3 Å². The van der Waals surface area contributed by atoms with Gasteiger partial charge in [-0.25, -0.2) is 9.36 Å². The van der Waals surface area contributed by atoms with Crippen LogP contribution >= 0.6 is 15.9 Å². The fraction of sp³-hybridized carbons (Fsp3) is 0.0909. The maximum absolute atomic E-state index is 13.3. The van der Waals surface area contributed by atoms with Gasteiger partial charge in [0.15, 0.2) is 0 Å². The van der Waals surface area contributed by atoms with E-state index in [1.807, 2.05) is 0 Å². The Morgan fingerprint density at radius 3 is 2.43 bits per heavy atom. The Bertz CT molecular complexity index is 826. The van der Waals surface area contributed by atoms with Gasteiger partial charge in [-0.05, 0) is 18.2 Å². The quantitative estimate of drug-likeness (QED) is 0.757. The van der Waals surface area contributed by atoms with Crippen LogP contribution in [0, 0.1) is 5.82 Å². The summed E-state index contributed by atoms with van der Waals surface area (Å²) in [6.45, 7) is 0. The lowest BCUT2D eigenvalue weighted by Crippen LogP contribution is -2.32. The van der Waals surface area contributed by atoms with E-state index in [0.717, 1.165) is 6.07 Å². The highest BCUT2D eigenvalue weighted by Crippen LogP contribution is 2.36. The van der Waals surface area contributed by atoms with Gasteiger partial charge in [-0.3, -0.25) is 9.78 Å². The van der Waals surface area contributed by atoms with Crippen LogP contribution in [-0.4, -0.2) is 14.7 Å². The zero-order chi connectivity index (χ0) is 15.9. The van der Waals surface area contributed by atoms with Gasteiger partial charge < -0.3 is 5.11 Å². The van der Waals surface area contributed by atoms with Crippen molar-refractivity contribution < 1.29 is 22.7 Å². The summed E-state index contributed by atoms with van der Waals surface area (Å²) in [5.74, 6) is -3.26. The molecule has 0 spiro atoms. The van der Waals surface area contributed by atoms with Gasteiger partial charge in [0.2, 0.25) is 11.7 Å². The van der Waals surface area contributed by atoms with Gasteiger partial charge in [-0.15, -0.1) is 0 Å². The summed E-state index contributed by atoms with van der Waals surface area (Å²) in [5.41, 5.74) is -5.03. The number of aromatic amines is 1. The van der Waals surface area contributed by atoms with E-state index in [4.69, 9.17) is 0 Å². The molecule has 0 saturated heterocycles. The monoisotopic (exact) mass is 368 g/mol. The molecule has 21 heavy (non-hydrogen) atoms. The number of benzene rings is 1. The van der Waals surface area contributed by atoms with E-state index in [1.54, 1.807) is 0 Å². The summed E-state index contributed by atoms with van der Waals surface area (Å²) < 4.78 is 52.3. The molecule has 0 amide bonds. The van der Waals surface area contributed by atoms with Gasteiger partial charge in [0.05, 0.1) is 11.3 Å². The van der Waals surface area contributed by atoms with Crippen LogP contribution < -0.4 is 11.2 Å². The Morgan fingerprint density at radius 2 is 1.86 bits per heavy atom. The van der Waals surface area contributed by atoms with Crippen molar-refractivity contribution >= 4 is 15.9 Å². The number of aromatic hydroxyl groups is 1. The van der Waals surface area contributed by atoms with Gasteiger partial charge in [-0.1, -0.05) is 15.9 Å². The van der Waals surface area contributed by atoms with Crippen LogP contribution in [0.5, 0.6) is 5.88 Å². The van der Waals surface area contributed by atoms with Crippen molar-refractivity contribution in [2.45, 2.75) is 6.18 Å². The first-order chi connectivity index (χ1) is 9.62. The summed E-state index contributed by atoms with van der Waals surface area (Å²) in [7, 11) is 0. The highest BCUT2D eigenvalue weighted by molar-refractivity contribution is 9.10. The molecule has 0 atom stereocenters. The van der Waals surface area contributed by atoms with E-state index in [9.17, 15) is 32.3 Å². The fourth-order valence-corrected chi connectivity index (χ4v) is 2.02. The summed E-state index contributed by atoms with van der Waals surface area (Å²) in [6.07, 6.45) is -4.86. The fourth-order valence-electron chi connectivity index (χ4n) is 1.66. The van der Waals surface area contributed by atoms with E-state index in [0.29, 0.717) is 6.07 Å². The van der Waals surface area contributed by atoms with E-state index in [2.05, 4.69) is 15.9 Å². The molecule has 0 bridgehead atoms. The molecule has 0 aliphatic heterocycles. The smallest absolute Gasteiger partial charge is 0.418 e. The zero-order valence-electron chi connectivity index (χ0n) is 9.83. The van der Waals surface area contributed by atoms with Crippen LogP contribution in [0.25, 0.3) is 5.69 Å². The first-order valence-electron chi connectivity index (χ1n) is 5.24. The maximum Gasteiger partial charge on any atom is 0.418 e. The number of hydrogen-bond donors (Lipinski definition) is 2. The second-order valence-corrected chi connectivity index (χ2v) is 4.81. The highest BCUT2D eigenvalue weighted by Gasteiger charge is 2.35. The molecule has 1 aromatic carbocycles. The number of halogens is 5. The first-order valence-corrected chi connectivity index (χ1v) is 6.03. The Labute approximate surface area is 121 Å². The van der Waals surface area contributed by atoms with E-state index in [-0.39, 0.29) is 9.04 Å². The third kappa shape index (κ3) is 2.71. The summed E-state index contributed by atoms with van der Waals surface area (Å²) >= 11 is 2.84. The molecule has 5 nitrogen and oxygen atoms in total. The minimum absolute atomic E-state index is 0.0337. The second-order valence-electron chi connectivity index (χ2n) is 3.89. The number of aromatic nitrogens is 2. The van der Waals surface area contributed by atoms with Crippen LogP contribution in [-0.2, 0) is 6.18 Å². The topological polar surface area (TPSA) is 75.1 Å². The lowest BCUT2D eigenvalue weighted by molar-refractivity contribution is -0.137. The van der Waals surface area contributed by atoms with Gasteiger partial charge in [0.1, 0.15) is 0 Å². The lowest BCUT2D eigenvalue weighted by atomic mass is 10.1. The second kappa shape index (κ2) is 5.02. The molecule has 0 radical (unpaired) electrons. The normalized spacial score (nSPS) is 11.7. The number of H-pyrrole nitrogens is 1. The first kappa shape index (κ1) is 15.3. The maximum atomic E-state index is 13.3. The molecule has 2 rings (SSSR count). The molecule has 0 saturated carbocycles. The number of hydrogen-bond acceptors (Lipinski definition) is 3. The molecule has 0 unspecified atom stereocenters. The average molecular weight is 369 g/mol. The number of nitrogens with one attached hydrogen (secondary N) is 1. The van der Waals surface area contributed by atoms with Crippen LogP contribution in [0.2, 0.25) is 0 Å². The van der Waals surface area contributed by atoms with Gasteiger partial charge in [0, 0.05) is 4.47 Å². The van der Waals surface area contributed by atoms with E-state index >= 15 is 0 Å². The average Bonchev–Trinajstić information content (AvgIpc) is 2.36. The van der Waals surface area contributed by atoms with Crippen molar-refractivity contribution in [2.75, 3.05) is 0 Å². The van der Waals surface area contributed by atoms with Gasteiger partial charge in [0.25, 0.3) is 5.56 Å². The van der Waals surface area contributed by atoms with Gasteiger partial charge in [-0.2, -0.15) is 17.6 Å². The molecule has 0 aliphatic carbocycles. The Kier molecular flexibility index (Phi) is 3.66. The number of rotatable bonds is 1. The highest BCUT2D eigenvalue weighted by atomic mass is 79.9. The third-order valence-corrected chi connectivity index (χ3v) is 3.03. The van der Waals surface area contributed by atoms with Crippen molar-refractivity contribution in [1.82, 2.24) is 9.55 Å². The summed E-state index contributed by atoms with van der Waals surface area (Å²) in [4.78, 5) is 24.0. The van der Waals surface area contributed by atoms with Crippen molar-refractivity contribution in [2.24, 2.45) is 0 Å². The minimum atomic E-state index is -4.86. The van der Waals surface area contributed by atoms with E-state index < -0.39 is 40.4 Å². The SMILES string of the molecule is O=c1[nH]c(=O)n(-c2ccc(Br)cc2C(F)(F)F)c(O)c1F. The Hall–Kier alpha value is -2.10. The van der Waals surface area contributed by atoms with Crippen molar-refractivity contribution in [3.05, 3.63) is 54.9 Å². The van der Waals surface area contributed by atoms with Gasteiger partial charge >= 0.3 is 11.9 Å². The Morgan fingerprint density at radius 1 is 1.24 bits per heavy atom. The molecule has 2 N–H and O–H groups in total. The van der Waals surface area contributed by atoms with Crippen LogP contribution in [0.4, 0.5) is 17.6 Å². The standard InChI is InChI=1S/C11H5BrF4N2O3/c12-4-1-2-6(5(3-4)11(14,15)16)18-9(20)7(13)8(19)17-10(18)21/h1-3,20H,(H,17,19,21). The van der Waals surface area contributed by atoms with Crippen LogP contribution in [0.3, 0.4) is 0 Å². The number of nitrogens with zero attached hydrogens (tertiary/aromatic N) is 1. The molecule has 10 heteroatoms. The summed E-state index contributed by atoms with van der Waals surface area (Å²) in [5, 5.41) is 9.46. The molecule has 1 heterocycles. The molecule has 1 aromatic heterocycles. The van der Waals surface area contributed by atoms with Crippen molar-refractivity contribution in [3.63, 3.8) is 0 Å². The Balaban J connectivity index is 2.90. The number of alkyl halides is 3. The predicted molar refractivity (Wildman–Crippen MR) is 67.0 cm³/mol. The van der Waals surface area contributed by atoms with Crippen molar-refractivity contribution in [1.29, 1.82) is 0 Å². The lowest BCUT2D eigenvalue weighted by Gasteiger charge is -2.15. The minimum Gasteiger partial charge on any atom is -0.492 e. The molecule has 0 fully saturated rings. The molecule has 0 aliphatic rings. The zero-order valence-corrected chi connectivity index (χ0v) is 11.4. The molecule has 2 aromatic rings. The third-order valence-electron chi connectivity index (χ3n) is 2.54.